The molecule has 728 valence electrons. The summed E-state index contributed by atoms with van der Waals surface area (Å²) in [5.41, 5.74) is 36.8. The Labute approximate surface area is 777 Å². The van der Waals surface area contributed by atoms with Crippen molar-refractivity contribution < 1.29 is 91.7 Å². The van der Waals surface area contributed by atoms with Gasteiger partial charge in [-0.05, 0) is 149 Å². The van der Waals surface area contributed by atoms with Gasteiger partial charge in [0.1, 0.15) is 84.9 Å². The van der Waals surface area contributed by atoms with E-state index < -0.39 is 224 Å². The minimum Gasteiger partial charge on any atom is -0.508 e. The van der Waals surface area contributed by atoms with Crippen LogP contribution in [0.3, 0.4) is 0 Å². The second-order valence-electron chi connectivity index (χ2n) is 32.3. The third kappa shape index (κ3) is 37.0. The summed E-state index contributed by atoms with van der Waals surface area (Å²) in [5, 5.41) is 80.6. The van der Waals surface area contributed by atoms with Crippen LogP contribution in [0.5, 0.6) is 5.75 Å². The quantitative estimate of drug-likeness (QED) is 0.00964. The van der Waals surface area contributed by atoms with E-state index in [2.05, 4.69) is 95.0 Å². The van der Waals surface area contributed by atoms with Gasteiger partial charge in [0.05, 0.1) is 19.3 Å². The number of thioether (sulfide) groups is 1. The maximum Gasteiger partial charge on any atom is 0.246 e. The first kappa shape index (κ1) is 107. The van der Waals surface area contributed by atoms with Crippen LogP contribution in [0.25, 0.3) is 21.8 Å². The molecular weight excluding hydrogens is 1760 g/mol. The van der Waals surface area contributed by atoms with Gasteiger partial charge in [0, 0.05) is 98.6 Å². The molecule has 0 saturated carbocycles. The molecule has 4 aromatic carbocycles. The molecule has 0 radical (unpaired) electrons. The van der Waals surface area contributed by atoms with E-state index in [1.165, 1.54) is 31.2 Å². The van der Waals surface area contributed by atoms with Gasteiger partial charge in [0.15, 0.2) is 11.9 Å². The lowest BCUT2D eigenvalue weighted by Gasteiger charge is -2.29. The Morgan fingerprint density at radius 3 is 1.60 bits per heavy atom. The molecular formula is C88H126N26O19S. The number of aromatic hydroxyl groups is 1. The molecule has 1 aliphatic heterocycles. The Balaban J connectivity index is 1.22. The molecule has 134 heavy (non-hydrogen) atoms. The number of guanidine groups is 2. The summed E-state index contributed by atoms with van der Waals surface area (Å²) in [5.74, 6) is -16.2. The lowest BCUT2D eigenvalue weighted by Crippen LogP contribution is -2.62. The van der Waals surface area contributed by atoms with Gasteiger partial charge < -0.3 is 144 Å². The molecule has 1 aliphatic rings. The second-order valence-corrected chi connectivity index (χ2v) is 33.4. The molecule has 46 heteroatoms. The number of hydrogen-bond donors (Lipinski definition) is 28. The monoisotopic (exact) mass is 1880 g/mol. The number of fused-ring (bicyclic) bond motifs is 2. The molecule has 0 bridgehead atoms. The van der Waals surface area contributed by atoms with Crippen LogP contribution in [0.2, 0.25) is 0 Å². The fourth-order valence-electron chi connectivity index (χ4n) is 14.5. The maximum absolute atomic E-state index is 15.7. The average molecular weight is 1880 g/mol. The number of carbonyl (C=O) groups is 16. The highest BCUT2D eigenvalue weighted by atomic mass is 32.2. The number of aromatic nitrogens is 2. The number of carbonyl (C=O) groups excluding carboxylic acids is 16. The number of amides is 16. The van der Waals surface area contributed by atoms with Crippen molar-refractivity contribution in [2.75, 3.05) is 64.0 Å². The van der Waals surface area contributed by atoms with Crippen molar-refractivity contribution >= 4 is 140 Å². The van der Waals surface area contributed by atoms with Crippen molar-refractivity contribution in [1.29, 1.82) is 10.8 Å². The Kier molecular flexibility index (Phi) is 44.7. The van der Waals surface area contributed by atoms with E-state index in [1.54, 1.807) is 91.3 Å². The first-order chi connectivity index (χ1) is 64.1. The van der Waals surface area contributed by atoms with Crippen LogP contribution in [0.1, 0.15) is 120 Å². The van der Waals surface area contributed by atoms with Gasteiger partial charge >= 0.3 is 0 Å². The van der Waals surface area contributed by atoms with Crippen LogP contribution in [0, 0.1) is 10.8 Å². The highest BCUT2D eigenvalue weighted by molar-refractivity contribution is 7.99. The van der Waals surface area contributed by atoms with Crippen molar-refractivity contribution in [3.63, 3.8) is 0 Å². The molecule has 6 aromatic rings. The standard InChI is InChI=1S/C88H126N26O19S/c1-49(115)74-86(132)113-69(43-54-45-101-59-21-9-7-19-57(54)59)84(130)108-64(30-31-71(91)118)79(125)109-65(32-39-134-48-70(103-50(2)116)85(131)107-63(81(127)114-74)25-15-36-99-88(95)96)80(126)111-67(41-52-26-28-55(117)29-27-52)82(128)112-68(42-53-44-100-58-20-8-6-18-56(53)58)83(129)106-62(24-14-35-98-87(93)94)77(123)105-61(23-11-13-34-90)78(124)110-66(40-51-16-4-3-5-17-51)76(122)102-46-72(119)97-37-38-133-47-73(120)104-60(75(92)121)22-10-12-33-89/h3-9,16-21,26-29,44-45,49,60-70,74,100-101,115,117H,10-15,22-25,30-43,46-48,89-90H2,1-2H3,(H2,91,118)(H2,92,121)(H,97,119)(H,102,122)(H,103,116)(H,104,120)(H,105,123)(H,106,129)(H,107,131)(H,108,130)(H,109,125)(H,110,124)(H,111,126)(H,112,128)(H,113,132)(H,114,127)(H4,93,94,98)(H4,95,96,99)/t49-,60-,61+,62+,63+,64+,65+,66+,67+,68+,69+,70+,74+/m1/s1. The van der Waals surface area contributed by atoms with E-state index >= 15 is 28.8 Å². The Hall–Kier alpha value is -14.0. The number of nitrogens with two attached hydrogens (primary N) is 6. The number of phenols is 1. The zero-order valence-corrected chi connectivity index (χ0v) is 75.6. The number of para-hydroxylation sites is 2. The number of nitrogens with one attached hydrogen (secondary N) is 20. The maximum atomic E-state index is 15.7. The summed E-state index contributed by atoms with van der Waals surface area (Å²) >= 11 is 0.965. The topological polar surface area (TPSA) is 751 Å². The van der Waals surface area contributed by atoms with Gasteiger partial charge in [-0.1, -0.05) is 78.9 Å². The first-order valence-corrected chi connectivity index (χ1v) is 45.3. The highest BCUT2D eigenvalue weighted by Crippen LogP contribution is 2.24. The molecule has 0 aliphatic carbocycles. The van der Waals surface area contributed by atoms with Crippen molar-refractivity contribution in [2.45, 2.75) is 202 Å². The SMILES string of the molecule is CC(=O)N[C@H]1CSCC[C@@H](C(=O)N[C@@H](Cc2ccc(O)cc2)C(=O)N[C@@H](Cc2c[nH]c3ccccc23)C(=O)N[C@@H](CCCNC(=N)N)C(=O)N[C@@H](CCCCN)C(=O)N[C@@H](Cc2ccccc2)C(=O)NCC(=O)NCCOCC(=O)N[C@H](CCCCN)C(N)=O)NC(=O)[C@H](CCC(N)=O)NC(=O)[C@H](Cc2c[nH]c3ccccc23)NC(=O)[C@H]([C@@H](C)O)NC(=O)[C@H](CCCNC(=N)N)NC1=O. The summed E-state index contributed by atoms with van der Waals surface area (Å²) in [4.78, 5) is 235. The van der Waals surface area contributed by atoms with E-state index in [0.29, 0.717) is 69.9 Å². The summed E-state index contributed by atoms with van der Waals surface area (Å²) in [6.07, 6.45) is 0.388. The Morgan fingerprint density at radius 2 is 1.01 bits per heavy atom. The van der Waals surface area contributed by atoms with Crippen molar-refractivity contribution in [3.8, 4) is 5.75 Å². The molecule has 34 N–H and O–H groups in total. The number of H-pyrrole nitrogens is 2. The highest BCUT2D eigenvalue weighted by Gasteiger charge is 2.39. The minimum atomic E-state index is -1.85. The average Bonchev–Trinajstić information content (AvgIpc) is 1.67. The van der Waals surface area contributed by atoms with E-state index in [-0.39, 0.29) is 114 Å². The number of aliphatic hydroxyl groups excluding tert-OH is 1. The minimum absolute atomic E-state index is 0.0211. The number of unbranched alkanes of at least 4 members (excludes halogenated alkanes) is 2. The number of rotatable bonds is 49. The van der Waals surface area contributed by atoms with Crippen LogP contribution in [-0.4, -0.2) is 269 Å². The number of primary amides is 2. The van der Waals surface area contributed by atoms with Crippen LogP contribution in [0.15, 0.2) is 116 Å². The Morgan fingerprint density at radius 1 is 0.507 bits per heavy atom. The molecule has 3 heterocycles. The zero-order chi connectivity index (χ0) is 97.8. The van der Waals surface area contributed by atoms with E-state index in [9.17, 15) is 58.2 Å². The number of aliphatic hydroxyl groups is 1. The summed E-state index contributed by atoms with van der Waals surface area (Å²) < 4.78 is 5.38. The third-order valence-corrected chi connectivity index (χ3v) is 22.7. The molecule has 2 aromatic heterocycles. The van der Waals surface area contributed by atoms with Crippen molar-refractivity contribution in [3.05, 3.63) is 138 Å². The normalized spacial score (nSPS) is 17.9. The van der Waals surface area contributed by atoms with Gasteiger partial charge in [-0.3, -0.25) is 87.5 Å². The van der Waals surface area contributed by atoms with Gasteiger partial charge in [0.25, 0.3) is 0 Å². The number of ether oxygens (including phenoxy) is 1. The fraction of sp³-hybridized carbons (Fsp3) is 0.477. The first-order valence-electron chi connectivity index (χ1n) is 44.1. The fourth-order valence-corrected chi connectivity index (χ4v) is 15.5. The lowest BCUT2D eigenvalue weighted by molar-refractivity contribution is -0.137. The van der Waals surface area contributed by atoms with Crippen LogP contribution in [-0.2, 0) is 107 Å². The second kappa shape index (κ2) is 56.0. The summed E-state index contributed by atoms with van der Waals surface area (Å²) in [6.45, 7) is 1.52. The van der Waals surface area contributed by atoms with Gasteiger partial charge in [0.2, 0.25) is 94.5 Å². The van der Waals surface area contributed by atoms with E-state index in [4.69, 9.17) is 50.0 Å². The number of hydrogen-bond acceptors (Lipinski definition) is 24. The van der Waals surface area contributed by atoms with E-state index in [0.717, 1.165) is 18.7 Å². The molecule has 45 nitrogen and oxygen atoms in total. The molecule has 13 atom stereocenters. The molecule has 16 amide bonds. The predicted octanol–water partition coefficient (Wildman–Crippen LogP) is -5.24. The Bertz CT molecular complexity index is 5000. The molecule has 0 unspecified atom stereocenters. The number of benzene rings is 4. The summed E-state index contributed by atoms with van der Waals surface area (Å²) in [7, 11) is 0. The number of aromatic amines is 2. The summed E-state index contributed by atoms with van der Waals surface area (Å²) in [6, 6.07) is 9.06. The molecule has 7 rings (SSSR count). The van der Waals surface area contributed by atoms with Crippen LogP contribution < -0.4 is 119 Å². The van der Waals surface area contributed by atoms with Crippen LogP contribution >= 0.6 is 11.8 Å². The smallest absolute Gasteiger partial charge is 0.246 e. The number of phenolic OH excluding ortho intramolecular Hbond substituents is 1. The molecule has 1 saturated heterocycles. The molecule has 1 fully saturated rings. The van der Waals surface area contributed by atoms with Crippen molar-refractivity contribution in [2.24, 2.45) is 34.4 Å². The van der Waals surface area contributed by atoms with Gasteiger partial charge in [-0.25, -0.2) is 0 Å². The van der Waals surface area contributed by atoms with E-state index in [1.807, 2.05) is 0 Å². The largest absolute Gasteiger partial charge is 0.508 e. The third-order valence-electron chi connectivity index (χ3n) is 21.6. The zero-order valence-electron chi connectivity index (χ0n) is 74.8. The van der Waals surface area contributed by atoms with Gasteiger partial charge in [-0.15, -0.1) is 0 Å². The van der Waals surface area contributed by atoms with Crippen molar-refractivity contribution in [1.82, 2.24) is 95.0 Å². The predicted molar refractivity (Wildman–Crippen MR) is 497 cm³/mol. The molecule has 0 spiro atoms. The van der Waals surface area contributed by atoms with Crippen LogP contribution in [0.4, 0.5) is 0 Å². The van der Waals surface area contributed by atoms with Gasteiger partial charge in [-0.2, -0.15) is 11.8 Å². The lowest BCUT2D eigenvalue weighted by atomic mass is 10.0.